The minimum absolute atomic E-state index is 0.0260. The van der Waals surface area contributed by atoms with Crippen LogP contribution in [0.15, 0.2) is 48.5 Å². The van der Waals surface area contributed by atoms with Gasteiger partial charge in [0.2, 0.25) is 10.0 Å². The van der Waals surface area contributed by atoms with E-state index in [1.165, 1.54) is 16.4 Å². The molecule has 2 N–H and O–H groups in total. The molecule has 2 aromatic rings. The van der Waals surface area contributed by atoms with Crippen molar-refractivity contribution in [3.63, 3.8) is 0 Å². The largest absolute Gasteiger partial charge is 0.369 e. The smallest absolute Gasteiger partial charge is 0.319 e. The minimum Gasteiger partial charge on any atom is -0.369 e. The fourth-order valence-electron chi connectivity index (χ4n) is 3.18. The van der Waals surface area contributed by atoms with Gasteiger partial charge in [-0.3, -0.25) is 0 Å². The number of carbonyl (C=O) groups excluding carboxylic acids is 1. The first-order valence-corrected chi connectivity index (χ1v) is 11.0. The quantitative estimate of drug-likeness (QED) is 0.752. The molecule has 1 aliphatic heterocycles. The van der Waals surface area contributed by atoms with Crippen molar-refractivity contribution in [2.75, 3.05) is 48.7 Å². The number of amides is 2. The number of hydrogen-bond donors (Lipinski definition) is 2. The highest BCUT2D eigenvalue weighted by molar-refractivity contribution is 7.89. The van der Waals surface area contributed by atoms with Gasteiger partial charge >= 0.3 is 6.03 Å². The van der Waals surface area contributed by atoms with Crippen LogP contribution in [0.25, 0.3) is 0 Å². The number of sulfonamides is 1. The van der Waals surface area contributed by atoms with Gasteiger partial charge in [-0.25, -0.2) is 17.6 Å². The molecule has 0 spiro atoms. The van der Waals surface area contributed by atoms with Crippen LogP contribution in [0.5, 0.6) is 0 Å². The number of aryl methyl sites for hydroxylation is 1. The van der Waals surface area contributed by atoms with E-state index in [1.807, 2.05) is 30.0 Å². The molecule has 29 heavy (non-hydrogen) atoms. The topological polar surface area (TPSA) is 81.8 Å². The Bertz CT molecular complexity index is 942. The van der Waals surface area contributed by atoms with E-state index in [0.717, 1.165) is 11.3 Å². The third kappa shape index (κ3) is 5.68. The normalized spacial score (nSPS) is 15.2. The molecule has 7 nitrogen and oxygen atoms in total. The number of piperazine rings is 1. The molecule has 1 saturated heterocycles. The Hall–Kier alpha value is -2.65. The van der Waals surface area contributed by atoms with E-state index in [0.29, 0.717) is 31.9 Å². The van der Waals surface area contributed by atoms with E-state index in [2.05, 4.69) is 10.6 Å². The number of benzene rings is 2. The number of carbonyl (C=O) groups is 1. The van der Waals surface area contributed by atoms with Gasteiger partial charge in [0.25, 0.3) is 0 Å². The summed E-state index contributed by atoms with van der Waals surface area (Å²) < 4.78 is 39.6. The monoisotopic (exact) mass is 420 g/mol. The van der Waals surface area contributed by atoms with Crippen LogP contribution in [0.4, 0.5) is 20.6 Å². The van der Waals surface area contributed by atoms with E-state index in [1.54, 1.807) is 18.2 Å². The summed E-state index contributed by atoms with van der Waals surface area (Å²) in [5, 5.41) is 5.30. The maximum Gasteiger partial charge on any atom is 0.319 e. The first-order chi connectivity index (χ1) is 13.8. The zero-order valence-corrected chi connectivity index (χ0v) is 17.1. The summed E-state index contributed by atoms with van der Waals surface area (Å²) in [6.07, 6.45) is 0. The Morgan fingerprint density at radius 2 is 1.69 bits per heavy atom. The van der Waals surface area contributed by atoms with Crippen LogP contribution in [-0.2, 0) is 10.0 Å². The number of anilines is 2. The van der Waals surface area contributed by atoms with Crippen LogP contribution in [0.1, 0.15) is 5.56 Å². The molecule has 1 heterocycles. The van der Waals surface area contributed by atoms with Gasteiger partial charge in [-0.2, -0.15) is 4.31 Å². The van der Waals surface area contributed by atoms with Gasteiger partial charge in [0.05, 0.1) is 5.75 Å². The maximum atomic E-state index is 13.0. The molecule has 0 radical (unpaired) electrons. The van der Waals surface area contributed by atoms with Gasteiger partial charge in [0.1, 0.15) is 5.82 Å². The highest BCUT2D eigenvalue weighted by Crippen LogP contribution is 2.18. The number of nitrogens with zero attached hydrogens (tertiary/aromatic N) is 2. The van der Waals surface area contributed by atoms with Crippen LogP contribution in [0.2, 0.25) is 0 Å². The van der Waals surface area contributed by atoms with E-state index in [-0.39, 0.29) is 18.1 Å². The lowest BCUT2D eigenvalue weighted by Gasteiger charge is -2.35. The Balaban J connectivity index is 1.45. The van der Waals surface area contributed by atoms with Crippen LogP contribution in [0, 0.1) is 12.7 Å². The van der Waals surface area contributed by atoms with Crippen molar-refractivity contribution in [2.24, 2.45) is 0 Å². The van der Waals surface area contributed by atoms with Crippen molar-refractivity contribution < 1.29 is 17.6 Å². The van der Waals surface area contributed by atoms with Gasteiger partial charge < -0.3 is 15.5 Å². The molecule has 0 atom stereocenters. The lowest BCUT2D eigenvalue weighted by atomic mass is 10.2. The summed E-state index contributed by atoms with van der Waals surface area (Å²) in [7, 11) is -3.47. The summed E-state index contributed by atoms with van der Waals surface area (Å²) in [5.41, 5.74) is 2.48. The molecule has 156 valence electrons. The second kappa shape index (κ2) is 9.23. The van der Waals surface area contributed by atoms with Crippen molar-refractivity contribution in [1.29, 1.82) is 0 Å². The second-order valence-corrected chi connectivity index (χ2v) is 8.96. The molecule has 0 aliphatic carbocycles. The van der Waals surface area contributed by atoms with E-state index >= 15 is 0 Å². The Labute approximate surface area is 170 Å². The third-order valence-corrected chi connectivity index (χ3v) is 6.73. The summed E-state index contributed by atoms with van der Waals surface area (Å²) in [4.78, 5) is 14.0. The molecule has 0 unspecified atom stereocenters. The Morgan fingerprint density at radius 1 is 1.03 bits per heavy atom. The van der Waals surface area contributed by atoms with Crippen molar-refractivity contribution in [2.45, 2.75) is 6.92 Å². The van der Waals surface area contributed by atoms with Gasteiger partial charge in [-0.1, -0.05) is 18.2 Å². The van der Waals surface area contributed by atoms with Crippen LogP contribution >= 0.6 is 0 Å². The first kappa shape index (κ1) is 21.1. The molecule has 3 rings (SSSR count). The van der Waals surface area contributed by atoms with Gasteiger partial charge in [-0.15, -0.1) is 0 Å². The number of urea groups is 1. The molecule has 0 saturated carbocycles. The Kier molecular flexibility index (Phi) is 6.71. The number of nitrogens with one attached hydrogen (secondary N) is 2. The summed E-state index contributed by atoms with van der Waals surface area (Å²) >= 11 is 0. The average molecular weight is 421 g/mol. The van der Waals surface area contributed by atoms with E-state index in [4.69, 9.17) is 0 Å². The lowest BCUT2D eigenvalue weighted by molar-refractivity contribution is 0.252. The average Bonchev–Trinajstić information content (AvgIpc) is 2.70. The predicted molar refractivity (Wildman–Crippen MR) is 112 cm³/mol. The standard InChI is InChI=1S/C20H25FN4O3S/c1-16-4-2-3-5-19(16)23-20(26)22-10-15-29(27,28)25-13-11-24(12-14-25)18-8-6-17(21)7-9-18/h2-9H,10-15H2,1H3,(H2,22,23,26). The van der Waals surface area contributed by atoms with Crippen LogP contribution < -0.4 is 15.5 Å². The Morgan fingerprint density at radius 3 is 2.34 bits per heavy atom. The van der Waals surface area contributed by atoms with Gasteiger partial charge in [0.15, 0.2) is 0 Å². The number of halogens is 1. The summed E-state index contributed by atoms with van der Waals surface area (Å²) in [6.45, 7) is 3.69. The maximum absolute atomic E-state index is 13.0. The molecule has 0 aromatic heterocycles. The highest BCUT2D eigenvalue weighted by atomic mass is 32.2. The molecule has 9 heteroatoms. The first-order valence-electron chi connectivity index (χ1n) is 9.44. The molecular weight excluding hydrogens is 395 g/mol. The summed E-state index contributed by atoms with van der Waals surface area (Å²) in [6, 6.07) is 13.1. The summed E-state index contributed by atoms with van der Waals surface area (Å²) in [5.74, 6) is -0.459. The van der Waals surface area contributed by atoms with E-state index < -0.39 is 16.1 Å². The van der Waals surface area contributed by atoms with Crippen LogP contribution in [0.3, 0.4) is 0 Å². The highest BCUT2D eigenvalue weighted by Gasteiger charge is 2.26. The van der Waals surface area contributed by atoms with E-state index in [9.17, 15) is 17.6 Å². The molecule has 1 aliphatic rings. The van der Waals surface area contributed by atoms with Crippen molar-refractivity contribution in [1.82, 2.24) is 9.62 Å². The zero-order chi connectivity index (χ0) is 20.9. The minimum atomic E-state index is -3.47. The number of hydrogen-bond acceptors (Lipinski definition) is 4. The number of para-hydroxylation sites is 1. The van der Waals surface area contributed by atoms with Crippen molar-refractivity contribution in [3.05, 3.63) is 59.9 Å². The zero-order valence-electron chi connectivity index (χ0n) is 16.3. The molecule has 0 bridgehead atoms. The lowest BCUT2D eigenvalue weighted by Crippen LogP contribution is -2.50. The fraction of sp³-hybridized carbons (Fsp3) is 0.350. The van der Waals surface area contributed by atoms with Crippen molar-refractivity contribution >= 4 is 27.4 Å². The van der Waals surface area contributed by atoms with Crippen LogP contribution in [-0.4, -0.2) is 57.2 Å². The second-order valence-electron chi connectivity index (χ2n) is 6.87. The third-order valence-electron chi connectivity index (χ3n) is 4.86. The van der Waals surface area contributed by atoms with Gasteiger partial charge in [0, 0.05) is 44.1 Å². The van der Waals surface area contributed by atoms with Gasteiger partial charge in [-0.05, 0) is 42.8 Å². The molecule has 2 aromatic carbocycles. The molecule has 1 fully saturated rings. The predicted octanol–water partition coefficient (Wildman–Crippen LogP) is 2.41. The fourth-order valence-corrected chi connectivity index (χ4v) is 4.52. The molecule has 2 amide bonds. The number of rotatable bonds is 6. The molecular formula is C20H25FN4O3S. The van der Waals surface area contributed by atoms with Crippen molar-refractivity contribution in [3.8, 4) is 0 Å². The SMILES string of the molecule is Cc1ccccc1NC(=O)NCCS(=O)(=O)N1CCN(c2ccc(F)cc2)CC1.